The third-order valence-electron chi connectivity index (χ3n) is 3.99. The summed E-state index contributed by atoms with van der Waals surface area (Å²) in [7, 11) is 0. The molecular formula is C22H21N3O2S. The van der Waals surface area contributed by atoms with Crippen LogP contribution in [-0.2, 0) is 11.2 Å². The van der Waals surface area contributed by atoms with E-state index < -0.39 is 0 Å². The molecule has 0 aliphatic carbocycles. The largest absolute Gasteiger partial charge is 0.508 e. The Kier molecular flexibility index (Phi) is 6.59. The predicted molar refractivity (Wildman–Crippen MR) is 115 cm³/mol. The first-order valence-corrected chi connectivity index (χ1v) is 9.70. The van der Waals surface area contributed by atoms with Crippen LogP contribution in [0.4, 0.5) is 5.69 Å². The third kappa shape index (κ3) is 5.82. The number of carbonyl (C=O) groups excluding carboxylic acids is 1. The number of phenols is 1. The Labute approximate surface area is 167 Å². The summed E-state index contributed by atoms with van der Waals surface area (Å²) in [6, 6.07) is 18.3. The van der Waals surface area contributed by atoms with Crippen LogP contribution >= 0.6 is 11.3 Å². The smallest absolute Gasteiger partial charge is 0.244 e. The van der Waals surface area contributed by atoms with Crippen LogP contribution in [0, 0.1) is 0 Å². The van der Waals surface area contributed by atoms with Crippen LogP contribution in [0.25, 0.3) is 6.08 Å². The van der Waals surface area contributed by atoms with Gasteiger partial charge in [0.1, 0.15) is 11.6 Å². The fraction of sp³-hybridized carbons (Fsp3) is 0.0909. The zero-order valence-corrected chi connectivity index (χ0v) is 16.0. The quantitative estimate of drug-likeness (QED) is 0.325. The maximum absolute atomic E-state index is 11.9. The van der Waals surface area contributed by atoms with E-state index in [0.29, 0.717) is 12.4 Å². The van der Waals surface area contributed by atoms with Crippen LogP contribution in [0.2, 0.25) is 0 Å². The van der Waals surface area contributed by atoms with Gasteiger partial charge in [-0.05, 0) is 59.3 Å². The Morgan fingerprint density at radius 3 is 2.54 bits per heavy atom. The summed E-state index contributed by atoms with van der Waals surface area (Å²) in [6.45, 7) is 0.540. The summed E-state index contributed by atoms with van der Waals surface area (Å²) in [4.78, 5) is 17.3. The van der Waals surface area contributed by atoms with E-state index >= 15 is 0 Å². The van der Waals surface area contributed by atoms with E-state index in [1.165, 1.54) is 6.08 Å². The van der Waals surface area contributed by atoms with E-state index in [2.05, 4.69) is 10.3 Å². The number of rotatable bonds is 7. The number of nitrogens with two attached hydrogens (primary N) is 1. The summed E-state index contributed by atoms with van der Waals surface area (Å²) < 4.78 is 0. The van der Waals surface area contributed by atoms with Gasteiger partial charge >= 0.3 is 0 Å². The van der Waals surface area contributed by atoms with Crippen molar-refractivity contribution in [2.24, 2.45) is 10.7 Å². The van der Waals surface area contributed by atoms with Crippen LogP contribution in [0.5, 0.6) is 5.75 Å². The molecular weight excluding hydrogens is 370 g/mol. The minimum Gasteiger partial charge on any atom is -0.508 e. The number of hydrogen-bond acceptors (Lipinski definition) is 4. The summed E-state index contributed by atoms with van der Waals surface area (Å²) in [5, 5.41) is 14.1. The van der Waals surface area contributed by atoms with Gasteiger partial charge in [-0.2, -0.15) is 0 Å². The first-order chi connectivity index (χ1) is 13.6. The highest BCUT2D eigenvalue weighted by Gasteiger charge is 2.01. The van der Waals surface area contributed by atoms with Gasteiger partial charge in [-0.1, -0.05) is 30.3 Å². The van der Waals surface area contributed by atoms with Crippen molar-refractivity contribution in [2.45, 2.75) is 6.42 Å². The second-order valence-electron chi connectivity index (χ2n) is 6.11. The molecule has 0 saturated carbocycles. The zero-order valence-electron chi connectivity index (χ0n) is 15.2. The molecule has 1 aromatic heterocycles. The number of nitrogens with one attached hydrogen (secondary N) is 1. The fourth-order valence-electron chi connectivity index (χ4n) is 2.50. The summed E-state index contributed by atoms with van der Waals surface area (Å²) >= 11 is 1.56. The number of aliphatic imine (C=N–C) groups is 1. The molecule has 2 aromatic carbocycles. The molecule has 0 radical (unpaired) electrons. The zero-order chi connectivity index (χ0) is 19.8. The number of thiophene rings is 1. The van der Waals surface area contributed by atoms with Crippen molar-refractivity contribution < 1.29 is 9.90 Å². The minimum absolute atomic E-state index is 0.155. The third-order valence-corrected chi connectivity index (χ3v) is 4.89. The highest BCUT2D eigenvalue weighted by molar-refractivity contribution is 7.12. The van der Waals surface area contributed by atoms with E-state index in [9.17, 15) is 9.90 Å². The molecule has 0 saturated heterocycles. The molecule has 1 amide bonds. The van der Waals surface area contributed by atoms with Crippen LogP contribution in [-0.4, -0.2) is 23.4 Å². The normalized spacial score (nSPS) is 11.6. The molecule has 3 aromatic rings. The number of aromatic hydroxyl groups is 1. The number of carbonyl (C=O) groups is 1. The van der Waals surface area contributed by atoms with E-state index in [0.717, 1.165) is 28.1 Å². The lowest BCUT2D eigenvalue weighted by atomic mass is 10.1. The van der Waals surface area contributed by atoms with Gasteiger partial charge in [-0.3, -0.25) is 4.79 Å². The van der Waals surface area contributed by atoms with E-state index in [1.54, 1.807) is 41.7 Å². The topological polar surface area (TPSA) is 87.7 Å². The van der Waals surface area contributed by atoms with Gasteiger partial charge in [-0.25, -0.2) is 4.99 Å². The molecule has 0 bridgehead atoms. The van der Waals surface area contributed by atoms with Gasteiger partial charge in [0.25, 0.3) is 0 Å². The number of amides is 1. The Bertz CT molecular complexity index is 960. The maximum Gasteiger partial charge on any atom is 0.244 e. The van der Waals surface area contributed by atoms with Gasteiger partial charge < -0.3 is 16.2 Å². The Balaban J connectivity index is 1.46. The van der Waals surface area contributed by atoms with Crippen LogP contribution in [0.3, 0.4) is 0 Å². The van der Waals surface area contributed by atoms with Crippen LogP contribution in [0.1, 0.15) is 16.0 Å². The summed E-state index contributed by atoms with van der Waals surface area (Å²) in [5.74, 6) is 0.556. The number of hydrogen-bond donors (Lipinski definition) is 3. The molecule has 3 rings (SSSR count). The molecule has 142 valence electrons. The monoisotopic (exact) mass is 391 g/mol. The number of amidine groups is 1. The lowest BCUT2D eigenvalue weighted by Gasteiger charge is -2.04. The van der Waals surface area contributed by atoms with Crippen molar-refractivity contribution in [3.63, 3.8) is 0 Å². The van der Waals surface area contributed by atoms with Crippen molar-refractivity contribution in [3.05, 3.63) is 88.1 Å². The van der Waals surface area contributed by atoms with Gasteiger partial charge in [0.15, 0.2) is 0 Å². The second-order valence-corrected chi connectivity index (χ2v) is 7.05. The number of phenolic OH excluding ortho intramolecular Hbond substituents is 1. The molecule has 0 aliphatic heterocycles. The molecule has 0 aliphatic rings. The maximum atomic E-state index is 11.9. The van der Waals surface area contributed by atoms with E-state index in [4.69, 9.17) is 5.73 Å². The number of nitrogens with zero attached hydrogens (tertiary/aromatic N) is 1. The average Bonchev–Trinajstić information content (AvgIpc) is 3.24. The van der Waals surface area contributed by atoms with Crippen molar-refractivity contribution >= 4 is 34.8 Å². The van der Waals surface area contributed by atoms with Crippen LogP contribution in [0.15, 0.2) is 77.1 Å². The molecule has 5 nitrogen and oxygen atoms in total. The predicted octanol–water partition coefficient (Wildman–Crippen LogP) is 3.86. The van der Waals surface area contributed by atoms with Crippen molar-refractivity contribution in [1.29, 1.82) is 0 Å². The minimum atomic E-state index is -0.155. The summed E-state index contributed by atoms with van der Waals surface area (Å²) in [6.07, 6.45) is 3.92. The van der Waals surface area contributed by atoms with Crippen molar-refractivity contribution in [3.8, 4) is 5.75 Å². The van der Waals surface area contributed by atoms with Crippen molar-refractivity contribution in [1.82, 2.24) is 5.32 Å². The lowest BCUT2D eigenvalue weighted by Crippen LogP contribution is -2.23. The lowest BCUT2D eigenvalue weighted by molar-refractivity contribution is -0.116. The van der Waals surface area contributed by atoms with Gasteiger partial charge in [-0.15, -0.1) is 11.3 Å². The van der Waals surface area contributed by atoms with Crippen molar-refractivity contribution in [2.75, 3.05) is 6.54 Å². The first-order valence-electron chi connectivity index (χ1n) is 8.82. The molecule has 0 atom stereocenters. The highest BCUT2D eigenvalue weighted by atomic mass is 32.1. The SMILES string of the molecule is NC(=Nc1ccc(CCNC(=O)/C=C/c2ccc(O)cc2)cc1)c1cccs1. The van der Waals surface area contributed by atoms with Crippen LogP contribution < -0.4 is 11.1 Å². The molecule has 4 N–H and O–H groups in total. The molecule has 6 heteroatoms. The van der Waals surface area contributed by atoms with Gasteiger partial charge in [0.05, 0.1) is 10.6 Å². The molecule has 1 heterocycles. The highest BCUT2D eigenvalue weighted by Crippen LogP contribution is 2.16. The average molecular weight is 391 g/mol. The van der Waals surface area contributed by atoms with E-state index in [1.807, 2.05) is 41.8 Å². The fourth-order valence-corrected chi connectivity index (χ4v) is 3.13. The Morgan fingerprint density at radius 1 is 1.11 bits per heavy atom. The molecule has 0 spiro atoms. The Morgan fingerprint density at radius 2 is 1.86 bits per heavy atom. The van der Waals surface area contributed by atoms with E-state index in [-0.39, 0.29) is 11.7 Å². The first kappa shape index (κ1) is 19.4. The van der Waals surface area contributed by atoms with Gasteiger partial charge in [0.2, 0.25) is 5.91 Å². The molecule has 0 fully saturated rings. The number of benzene rings is 2. The summed E-state index contributed by atoms with van der Waals surface area (Å²) in [5.41, 5.74) is 8.76. The standard InChI is InChI=1S/C22H21N3O2S/c23-22(20-2-1-15-28-20)25-18-8-3-17(4-9-18)13-14-24-21(27)12-7-16-5-10-19(26)11-6-16/h1-12,15,26H,13-14H2,(H2,23,25)(H,24,27)/b12-7+. The second kappa shape index (κ2) is 9.53. The molecule has 0 unspecified atom stereocenters. The Hall–Kier alpha value is -3.38. The van der Waals surface area contributed by atoms with Gasteiger partial charge in [0, 0.05) is 12.6 Å². The molecule has 28 heavy (non-hydrogen) atoms.